The summed E-state index contributed by atoms with van der Waals surface area (Å²) in [5.41, 5.74) is 10.6. The van der Waals surface area contributed by atoms with Crippen LogP contribution in [0.5, 0.6) is 5.75 Å². The number of allylic oxidation sites excluding steroid dienone is 8. The molecule has 1 nitrogen and oxygen atoms in total. The van der Waals surface area contributed by atoms with Gasteiger partial charge in [-0.05, 0) is 98.3 Å². The summed E-state index contributed by atoms with van der Waals surface area (Å²) in [5, 5.41) is 10.6. The highest BCUT2D eigenvalue weighted by molar-refractivity contribution is 9.10. The second-order valence-electron chi connectivity index (χ2n) is 7.79. The van der Waals surface area contributed by atoms with Crippen molar-refractivity contribution in [2.24, 2.45) is 0 Å². The highest BCUT2D eigenvalue weighted by atomic mass is 79.9. The molecule has 1 spiro atoms. The van der Waals surface area contributed by atoms with Gasteiger partial charge in [-0.3, -0.25) is 0 Å². The van der Waals surface area contributed by atoms with Crippen LogP contribution in [0.2, 0.25) is 0 Å². The van der Waals surface area contributed by atoms with E-state index in [1.165, 1.54) is 44.5 Å². The summed E-state index contributed by atoms with van der Waals surface area (Å²) in [6.07, 6.45) is 13.8. The maximum absolute atomic E-state index is 10.6. The van der Waals surface area contributed by atoms with Crippen LogP contribution in [0.3, 0.4) is 0 Å². The Balaban J connectivity index is 1.80. The number of aromatic hydroxyl groups is 1. The summed E-state index contributed by atoms with van der Waals surface area (Å²) in [7, 11) is 0. The molecule has 2 heteroatoms. The van der Waals surface area contributed by atoms with Gasteiger partial charge in [0.25, 0.3) is 0 Å². The molecule has 0 amide bonds. The molecule has 1 atom stereocenters. The normalized spacial score (nSPS) is 24.3. The van der Waals surface area contributed by atoms with Crippen LogP contribution in [0.1, 0.15) is 47.9 Å². The third-order valence-corrected chi connectivity index (χ3v) is 7.20. The van der Waals surface area contributed by atoms with E-state index in [0.717, 1.165) is 30.2 Å². The topological polar surface area (TPSA) is 20.2 Å². The minimum atomic E-state index is -0.275. The van der Waals surface area contributed by atoms with E-state index in [9.17, 15) is 5.11 Å². The highest BCUT2D eigenvalue weighted by Crippen LogP contribution is 2.65. The van der Waals surface area contributed by atoms with Crippen LogP contribution in [-0.2, 0) is 5.41 Å². The molecular weight excluding hydrogens is 396 g/mol. The van der Waals surface area contributed by atoms with Crippen LogP contribution in [-0.4, -0.2) is 5.11 Å². The fourth-order valence-corrected chi connectivity index (χ4v) is 5.96. The second-order valence-corrected chi connectivity index (χ2v) is 8.65. The van der Waals surface area contributed by atoms with Gasteiger partial charge in [-0.2, -0.15) is 0 Å². The van der Waals surface area contributed by atoms with Crippen LogP contribution >= 0.6 is 15.9 Å². The average Bonchev–Trinajstić information content (AvgIpc) is 3.16. The zero-order chi connectivity index (χ0) is 18.2. The Hall–Kier alpha value is -2.32. The molecule has 132 valence electrons. The Morgan fingerprint density at radius 3 is 2.70 bits per heavy atom. The van der Waals surface area contributed by atoms with E-state index < -0.39 is 0 Å². The first-order valence-electron chi connectivity index (χ1n) is 9.67. The second kappa shape index (κ2) is 5.36. The first-order chi connectivity index (χ1) is 13.2. The third-order valence-electron chi connectivity index (χ3n) is 6.57. The van der Waals surface area contributed by atoms with Gasteiger partial charge in [0.15, 0.2) is 0 Å². The van der Waals surface area contributed by atoms with Crippen LogP contribution in [0.25, 0.3) is 11.1 Å². The summed E-state index contributed by atoms with van der Waals surface area (Å²) >= 11 is 3.55. The number of hydrogen-bond acceptors (Lipinski definition) is 1. The molecule has 2 aromatic rings. The Bertz CT molecular complexity index is 1140. The molecule has 0 heterocycles. The van der Waals surface area contributed by atoms with Crippen LogP contribution in [0.15, 0.2) is 76.3 Å². The lowest BCUT2D eigenvalue weighted by atomic mass is 9.68. The van der Waals surface area contributed by atoms with E-state index in [1.54, 1.807) is 0 Å². The molecule has 6 rings (SSSR count). The van der Waals surface area contributed by atoms with Crippen molar-refractivity contribution in [3.8, 4) is 5.75 Å². The molecule has 1 N–H and O–H groups in total. The van der Waals surface area contributed by atoms with Crippen LogP contribution in [0.4, 0.5) is 0 Å². The molecule has 0 saturated carbocycles. The van der Waals surface area contributed by atoms with Crippen LogP contribution in [0, 0.1) is 0 Å². The predicted octanol–water partition coefficient (Wildman–Crippen LogP) is 6.68. The van der Waals surface area contributed by atoms with Crippen molar-refractivity contribution in [1.82, 2.24) is 0 Å². The van der Waals surface area contributed by atoms with Crippen molar-refractivity contribution >= 4 is 27.1 Å². The maximum atomic E-state index is 10.6. The lowest BCUT2D eigenvalue weighted by Crippen LogP contribution is -2.27. The van der Waals surface area contributed by atoms with Gasteiger partial charge in [-0.15, -0.1) is 0 Å². The van der Waals surface area contributed by atoms with Crippen molar-refractivity contribution in [3.05, 3.63) is 98.6 Å². The van der Waals surface area contributed by atoms with Gasteiger partial charge < -0.3 is 5.11 Å². The van der Waals surface area contributed by atoms with Gasteiger partial charge >= 0.3 is 0 Å². The monoisotopic (exact) mass is 414 g/mol. The van der Waals surface area contributed by atoms with Crippen molar-refractivity contribution in [1.29, 1.82) is 0 Å². The quantitative estimate of drug-likeness (QED) is 0.509. The molecule has 0 aliphatic heterocycles. The standard InChI is InChI=1S/C25H19BrO/c26-23-13-18-17-9-3-6-12-21(17)25(22(18)14-24(23)27)19-10-4-1-7-15(19)16-8-2-5-11-20(16)25/h1,4,6-8,10-14,27H,2-3,5,9H2. The Morgan fingerprint density at radius 1 is 0.926 bits per heavy atom. The molecule has 2 aromatic carbocycles. The SMILES string of the molecule is Oc1cc2c(cc1Br)C1=C(C=CCC1)C21C2=CCCC=C2c2ccccc21. The Morgan fingerprint density at radius 2 is 1.78 bits per heavy atom. The third kappa shape index (κ3) is 1.80. The zero-order valence-corrected chi connectivity index (χ0v) is 16.5. The number of hydrogen-bond donors (Lipinski definition) is 1. The molecule has 4 aliphatic carbocycles. The first-order valence-corrected chi connectivity index (χ1v) is 10.5. The lowest BCUT2D eigenvalue weighted by Gasteiger charge is -2.33. The molecule has 1 unspecified atom stereocenters. The number of fused-ring (bicyclic) bond motifs is 9. The smallest absolute Gasteiger partial charge is 0.130 e. The van der Waals surface area contributed by atoms with Gasteiger partial charge in [0.1, 0.15) is 5.75 Å². The van der Waals surface area contributed by atoms with Crippen molar-refractivity contribution in [2.45, 2.75) is 31.1 Å². The minimum Gasteiger partial charge on any atom is -0.507 e. The minimum absolute atomic E-state index is 0.275. The summed E-state index contributed by atoms with van der Waals surface area (Å²) in [6, 6.07) is 13.0. The molecule has 27 heavy (non-hydrogen) atoms. The molecule has 0 radical (unpaired) electrons. The molecule has 0 bridgehead atoms. The van der Waals surface area contributed by atoms with Crippen molar-refractivity contribution in [3.63, 3.8) is 0 Å². The number of benzene rings is 2. The van der Waals surface area contributed by atoms with Crippen molar-refractivity contribution < 1.29 is 5.11 Å². The van der Waals surface area contributed by atoms with Gasteiger partial charge in [0.05, 0.1) is 9.89 Å². The summed E-state index contributed by atoms with van der Waals surface area (Å²) < 4.78 is 0.777. The summed E-state index contributed by atoms with van der Waals surface area (Å²) in [6.45, 7) is 0. The van der Waals surface area contributed by atoms with E-state index in [4.69, 9.17) is 0 Å². The summed E-state index contributed by atoms with van der Waals surface area (Å²) in [4.78, 5) is 0. The molecule has 0 saturated heterocycles. The van der Waals surface area contributed by atoms with E-state index in [0.29, 0.717) is 5.75 Å². The number of halogens is 1. The zero-order valence-electron chi connectivity index (χ0n) is 14.9. The van der Waals surface area contributed by atoms with Gasteiger partial charge in [0.2, 0.25) is 0 Å². The molecule has 0 fully saturated rings. The Kier molecular flexibility index (Phi) is 3.12. The molecule has 4 aliphatic rings. The number of phenolic OH excluding ortho intramolecular Hbond substituents is 1. The first kappa shape index (κ1) is 15.7. The molecule has 0 aromatic heterocycles. The van der Waals surface area contributed by atoms with Gasteiger partial charge in [-0.1, -0.05) is 48.6 Å². The number of rotatable bonds is 0. The van der Waals surface area contributed by atoms with E-state index in [-0.39, 0.29) is 5.41 Å². The molecular formula is C25H19BrO. The van der Waals surface area contributed by atoms with Crippen LogP contribution < -0.4 is 0 Å². The highest BCUT2D eigenvalue weighted by Gasteiger charge is 2.54. The fraction of sp³-hybridized carbons (Fsp3) is 0.200. The van der Waals surface area contributed by atoms with E-state index in [1.807, 2.05) is 6.07 Å². The van der Waals surface area contributed by atoms with Gasteiger partial charge in [0, 0.05) is 0 Å². The Labute approximate surface area is 167 Å². The predicted molar refractivity (Wildman–Crippen MR) is 114 cm³/mol. The van der Waals surface area contributed by atoms with Gasteiger partial charge in [-0.25, -0.2) is 0 Å². The summed E-state index contributed by atoms with van der Waals surface area (Å²) in [5.74, 6) is 0.322. The lowest BCUT2D eigenvalue weighted by molar-refractivity contribution is 0.470. The van der Waals surface area contributed by atoms with E-state index >= 15 is 0 Å². The fourth-order valence-electron chi connectivity index (χ4n) is 5.62. The largest absolute Gasteiger partial charge is 0.507 e. The average molecular weight is 415 g/mol. The maximum Gasteiger partial charge on any atom is 0.130 e. The van der Waals surface area contributed by atoms with Crippen molar-refractivity contribution in [2.75, 3.05) is 0 Å². The van der Waals surface area contributed by atoms with E-state index in [2.05, 4.69) is 70.6 Å². The number of phenols is 1.